The molecule has 1 aromatic heterocycles. The first kappa shape index (κ1) is 20.7. The summed E-state index contributed by atoms with van der Waals surface area (Å²) in [7, 11) is 2.19. The van der Waals surface area contributed by atoms with Crippen LogP contribution in [0.5, 0.6) is 0 Å². The summed E-state index contributed by atoms with van der Waals surface area (Å²) in [4.78, 5) is 12.0. The average molecular weight is 365 g/mol. The highest BCUT2D eigenvalue weighted by Gasteiger charge is 2.20. The molecule has 1 aliphatic heterocycles. The van der Waals surface area contributed by atoms with Gasteiger partial charge in [-0.25, -0.2) is 0 Å². The van der Waals surface area contributed by atoms with Gasteiger partial charge in [0.15, 0.2) is 5.96 Å². The summed E-state index contributed by atoms with van der Waals surface area (Å²) < 4.78 is 4.92. The van der Waals surface area contributed by atoms with E-state index >= 15 is 0 Å². The summed E-state index contributed by atoms with van der Waals surface area (Å²) in [6, 6.07) is 2.55. The van der Waals surface area contributed by atoms with Crippen molar-refractivity contribution in [2.24, 2.45) is 4.99 Å². The van der Waals surface area contributed by atoms with E-state index in [1.54, 1.807) is 6.26 Å². The van der Waals surface area contributed by atoms with E-state index in [0.29, 0.717) is 6.04 Å². The van der Waals surface area contributed by atoms with Gasteiger partial charge < -0.3 is 19.6 Å². The molecule has 0 aliphatic carbocycles. The second-order valence-corrected chi connectivity index (χ2v) is 7.27. The molecule has 7 heteroatoms. The van der Waals surface area contributed by atoms with Gasteiger partial charge in [0.1, 0.15) is 6.26 Å². The summed E-state index contributed by atoms with van der Waals surface area (Å²) in [6.07, 6.45) is 3.97. The number of piperazine rings is 1. The Morgan fingerprint density at radius 2 is 2.08 bits per heavy atom. The van der Waals surface area contributed by atoms with Crippen LogP contribution in [0.15, 0.2) is 21.8 Å². The highest BCUT2D eigenvalue weighted by atomic mass is 16.5. The molecule has 1 aromatic rings. The fourth-order valence-electron chi connectivity index (χ4n) is 3.01. The van der Waals surface area contributed by atoms with Gasteiger partial charge in [-0.1, -0.05) is 5.16 Å². The van der Waals surface area contributed by atoms with E-state index in [-0.39, 0.29) is 0 Å². The number of aromatic nitrogens is 1. The molecule has 1 aliphatic rings. The molecule has 2 rings (SSSR count). The summed E-state index contributed by atoms with van der Waals surface area (Å²) in [5, 5.41) is 7.46. The molecule has 0 spiro atoms. The van der Waals surface area contributed by atoms with Crippen LogP contribution in [0, 0.1) is 0 Å². The zero-order valence-electron chi connectivity index (χ0n) is 16.9. The van der Waals surface area contributed by atoms with Crippen LogP contribution in [0.3, 0.4) is 0 Å². The van der Waals surface area contributed by atoms with Gasteiger partial charge in [0, 0.05) is 57.9 Å². The van der Waals surface area contributed by atoms with Crippen LogP contribution in [-0.2, 0) is 6.54 Å². The van der Waals surface area contributed by atoms with Crippen LogP contribution in [0.25, 0.3) is 0 Å². The molecule has 1 N–H and O–H groups in total. The quantitative estimate of drug-likeness (QED) is 0.410. The smallest absolute Gasteiger partial charge is 0.194 e. The second kappa shape index (κ2) is 11.2. The Bertz CT molecular complexity index is 508. The Labute approximate surface area is 158 Å². The molecule has 0 atom stereocenters. The molecule has 0 saturated carbocycles. The van der Waals surface area contributed by atoms with Crippen LogP contribution < -0.4 is 5.32 Å². The van der Waals surface area contributed by atoms with Crippen molar-refractivity contribution in [2.75, 3.05) is 52.9 Å². The van der Waals surface area contributed by atoms with E-state index in [4.69, 9.17) is 9.52 Å². The number of nitrogens with one attached hydrogen (secondary N) is 1. The maximum absolute atomic E-state index is 4.92. The molecule has 0 aromatic carbocycles. The highest BCUT2D eigenvalue weighted by molar-refractivity contribution is 5.80. The Morgan fingerprint density at radius 1 is 1.31 bits per heavy atom. The molecular weight excluding hydrogens is 328 g/mol. The van der Waals surface area contributed by atoms with Gasteiger partial charge in [0.2, 0.25) is 0 Å². The lowest BCUT2D eigenvalue weighted by atomic mass is 10.2. The molecule has 26 heavy (non-hydrogen) atoms. The fourth-order valence-corrected chi connectivity index (χ4v) is 3.01. The van der Waals surface area contributed by atoms with E-state index in [0.717, 1.165) is 70.4 Å². The van der Waals surface area contributed by atoms with E-state index in [2.05, 4.69) is 53.0 Å². The molecule has 0 unspecified atom stereocenters. The Hall–Kier alpha value is -1.60. The molecule has 148 valence electrons. The number of unbranched alkanes of at least 4 members (excludes halogenated alkanes) is 1. The Morgan fingerprint density at radius 3 is 2.69 bits per heavy atom. The monoisotopic (exact) mass is 364 g/mol. The van der Waals surface area contributed by atoms with E-state index in [9.17, 15) is 0 Å². The van der Waals surface area contributed by atoms with Crippen molar-refractivity contribution in [1.29, 1.82) is 0 Å². The van der Waals surface area contributed by atoms with Gasteiger partial charge in [-0.3, -0.25) is 9.89 Å². The van der Waals surface area contributed by atoms with Gasteiger partial charge >= 0.3 is 0 Å². The molecule has 0 radical (unpaired) electrons. The van der Waals surface area contributed by atoms with Gasteiger partial charge in [-0.05, 0) is 47.2 Å². The second-order valence-electron chi connectivity index (χ2n) is 7.27. The lowest BCUT2D eigenvalue weighted by molar-refractivity contribution is 0.169. The van der Waals surface area contributed by atoms with Crippen LogP contribution >= 0.6 is 0 Å². The molecule has 7 nitrogen and oxygen atoms in total. The topological polar surface area (TPSA) is 60.1 Å². The van der Waals surface area contributed by atoms with Gasteiger partial charge in [-0.15, -0.1) is 0 Å². The van der Waals surface area contributed by atoms with Crippen LogP contribution in [0.4, 0.5) is 0 Å². The first-order chi connectivity index (χ1) is 12.6. The molecule has 0 amide bonds. The fraction of sp³-hybridized carbons (Fsp3) is 0.789. The van der Waals surface area contributed by atoms with Gasteiger partial charge in [-0.2, -0.15) is 0 Å². The van der Waals surface area contributed by atoms with Crippen molar-refractivity contribution in [3.8, 4) is 0 Å². The number of nitrogens with zero attached hydrogens (tertiary/aromatic N) is 5. The summed E-state index contributed by atoms with van der Waals surface area (Å²) >= 11 is 0. The molecular formula is C19H36N6O. The minimum absolute atomic E-state index is 0.615. The van der Waals surface area contributed by atoms with Crippen LogP contribution in [0.2, 0.25) is 0 Å². The number of hydrogen-bond acceptors (Lipinski definition) is 5. The van der Waals surface area contributed by atoms with Crippen LogP contribution in [-0.4, -0.2) is 84.7 Å². The lowest BCUT2D eigenvalue weighted by Gasteiger charge is -2.36. The number of rotatable bonds is 9. The van der Waals surface area contributed by atoms with E-state index < -0.39 is 0 Å². The Kier molecular flexibility index (Phi) is 8.91. The first-order valence-electron chi connectivity index (χ1n) is 9.95. The lowest BCUT2D eigenvalue weighted by Crippen LogP contribution is -2.52. The summed E-state index contributed by atoms with van der Waals surface area (Å²) in [5.41, 5.74) is 1.00. The largest absolute Gasteiger partial charge is 0.364 e. The maximum Gasteiger partial charge on any atom is 0.194 e. The minimum atomic E-state index is 0.615. The molecule has 0 bridgehead atoms. The zero-order chi connectivity index (χ0) is 18.8. The predicted molar refractivity (Wildman–Crippen MR) is 106 cm³/mol. The molecule has 1 saturated heterocycles. The standard InChI is InChI=1S/C19H36N6O/c1-5-20-19(21-9-6-7-10-23(4)17(2)3)25-13-11-24(12-14-25)16-18-8-15-26-22-18/h8,15,17H,5-7,9-14,16H2,1-4H3,(H,20,21). The predicted octanol–water partition coefficient (Wildman–Crippen LogP) is 1.88. The number of aliphatic imine (C=N–C) groups is 1. The summed E-state index contributed by atoms with van der Waals surface area (Å²) in [6.45, 7) is 14.5. The van der Waals surface area contributed by atoms with Crippen molar-refractivity contribution in [3.05, 3.63) is 18.0 Å². The van der Waals surface area contributed by atoms with E-state index in [1.165, 1.54) is 6.42 Å². The summed E-state index contributed by atoms with van der Waals surface area (Å²) in [5.74, 6) is 1.06. The average Bonchev–Trinajstić information content (AvgIpc) is 3.14. The van der Waals surface area contributed by atoms with Gasteiger partial charge in [0.05, 0.1) is 5.69 Å². The molecule has 2 heterocycles. The molecule has 1 fully saturated rings. The van der Waals surface area contributed by atoms with Crippen molar-refractivity contribution >= 4 is 5.96 Å². The van der Waals surface area contributed by atoms with Crippen molar-refractivity contribution < 1.29 is 4.52 Å². The van der Waals surface area contributed by atoms with E-state index in [1.807, 2.05) is 6.07 Å². The first-order valence-corrected chi connectivity index (χ1v) is 9.95. The van der Waals surface area contributed by atoms with Crippen molar-refractivity contribution in [1.82, 2.24) is 25.2 Å². The van der Waals surface area contributed by atoms with Crippen molar-refractivity contribution in [3.63, 3.8) is 0 Å². The maximum atomic E-state index is 4.92. The minimum Gasteiger partial charge on any atom is -0.364 e. The van der Waals surface area contributed by atoms with Crippen molar-refractivity contribution in [2.45, 2.75) is 46.2 Å². The third kappa shape index (κ3) is 6.96. The third-order valence-corrected chi connectivity index (χ3v) is 4.95. The normalized spacial score (nSPS) is 16.7. The number of hydrogen-bond donors (Lipinski definition) is 1. The van der Waals surface area contributed by atoms with Gasteiger partial charge in [0.25, 0.3) is 0 Å². The SMILES string of the molecule is CCNC(=NCCCCN(C)C(C)C)N1CCN(Cc2ccon2)CC1. The number of guanidine groups is 1. The van der Waals surface area contributed by atoms with Crippen LogP contribution in [0.1, 0.15) is 39.3 Å². The third-order valence-electron chi connectivity index (χ3n) is 4.95. The zero-order valence-corrected chi connectivity index (χ0v) is 16.9. The highest BCUT2D eigenvalue weighted by Crippen LogP contribution is 2.07. The Balaban J connectivity index is 1.72.